The first-order valence-corrected chi connectivity index (χ1v) is 3.85. The smallest absolute Gasteiger partial charge is 0.0267 e. The third-order valence-corrected chi connectivity index (χ3v) is 1.23. The van der Waals surface area contributed by atoms with Gasteiger partial charge >= 0.3 is 0 Å². The van der Waals surface area contributed by atoms with Crippen LogP contribution in [0.2, 0.25) is 0 Å². The minimum Gasteiger partial charge on any atom is -0.265 e. The van der Waals surface area contributed by atoms with Gasteiger partial charge in [-0.15, -0.1) is 0 Å². The van der Waals surface area contributed by atoms with Gasteiger partial charge in [-0.05, 0) is 12.2 Å². The number of rotatable bonds is 0. The van der Waals surface area contributed by atoms with Gasteiger partial charge in [0.1, 0.15) is 0 Å². The number of aliphatic imine (C=N–C) groups is 1. The standard InChI is InChI=1S/C11H11N/c1-2-4-6-8-10-12-11-9-7-5-3-1/h1-11H/b2-1?,3-1?,4-2?,5-3?,6-4+,7-5?,8-6?,9-7-,10-8+,11-9?,12-10?,12-11+. The zero-order valence-electron chi connectivity index (χ0n) is 6.80. The molecule has 12 heavy (non-hydrogen) atoms. The summed E-state index contributed by atoms with van der Waals surface area (Å²) in [5, 5.41) is 0. The highest BCUT2D eigenvalue weighted by atomic mass is 14.6. The Morgan fingerprint density at radius 2 is 1.00 bits per heavy atom. The molecular formula is C11H11N. The molecule has 0 radical (unpaired) electrons. The summed E-state index contributed by atoms with van der Waals surface area (Å²) in [5.74, 6) is 0. The minimum absolute atomic E-state index is 1.75. The van der Waals surface area contributed by atoms with Gasteiger partial charge in [-0.1, -0.05) is 42.5 Å². The second-order valence-electron chi connectivity index (χ2n) is 2.18. The van der Waals surface area contributed by atoms with Crippen LogP contribution in [-0.2, 0) is 0 Å². The van der Waals surface area contributed by atoms with Crippen LogP contribution in [0.3, 0.4) is 0 Å². The molecule has 1 heteroatoms. The zero-order chi connectivity index (χ0) is 8.49. The van der Waals surface area contributed by atoms with E-state index in [4.69, 9.17) is 0 Å². The maximum Gasteiger partial charge on any atom is 0.0267 e. The monoisotopic (exact) mass is 157 g/mol. The first-order chi connectivity index (χ1) is 6.00. The van der Waals surface area contributed by atoms with Gasteiger partial charge in [-0.25, -0.2) is 0 Å². The quantitative estimate of drug-likeness (QED) is 0.512. The highest BCUT2D eigenvalue weighted by molar-refractivity contribution is 5.72. The van der Waals surface area contributed by atoms with Crippen LogP contribution >= 0.6 is 0 Å². The first kappa shape index (κ1) is 8.47. The normalized spacial score (nSPS) is 26.7. The summed E-state index contributed by atoms with van der Waals surface area (Å²) in [6.45, 7) is 0. The lowest BCUT2D eigenvalue weighted by Gasteiger charge is -1.77. The molecule has 0 spiro atoms. The van der Waals surface area contributed by atoms with Gasteiger partial charge in [0.05, 0.1) is 0 Å². The van der Waals surface area contributed by atoms with Crippen molar-refractivity contribution in [3.05, 3.63) is 60.9 Å². The molecule has 0 aromatic heterocycles. The van der Waals surface area contributed by atoms with Crippen LogP contribution < -0.4 is 0 Å². The zero-order valence-corrected chi connectivity index (χ0v) is 6.80. The van der Waals surface area contributed by atoms with Crippen LogP contribution in [0, 0.1) is 0 Å². The Hall–Kier alpha value is -1.63. The molecule has 0 aliphatic carbocycles. The number of hydrogen-bond acceptors (Lipinski definition) is 1. The van der Waals surface area contributed by atoms with E-state index >= 15 is 0 Å². The average Bonchev–Trinajstić information content (AvgIpc) is 2.05. The summed E-state index contributed by atoms with van der Waals surface area (Å²) in [5.41, 5.74) is 0. The Kier molecular flexibility index (Phi) is 4.31. The fourth-order valence-corrected chi connectivity index (χ4v) is 0.698. The molecule has 1 heterocycles. The molecule has 0 bridgehead atoms. The topological polar surface area (TPSA) is 12.4 Å². The molecule has 1 aliphatic rings. The molecule has 60 valence electrons. The lowest BCUT2D eigenvalue weighted by molar-refractivity contribution is 1.59. The van der Waals surface area contributed by atoms with Crippen LogP contribution in [0.1, 0.15) is 0 Å². The SMILES string of the molecule is C1=C\C=C/C=N/C=C/C=C/C=C1. The Morgan fingerprint density at radius 1 is 0.500 bits per heavy atom. The fourth-order valence-electron chi connectivity index (χ4n) is 0.698. The van der Waals surface area contributed by atoms with Gasteiger partial charge in [0.25, 0.3) is 0 Å². The molecule has 0 aromatic carbocycles. The third kappa shape index (κ3) is 4.23. The second-order valence-corrected chi connectivity index (χ2v) is 2.18. The van der Waals surface area contributed by atoms with Crippen molar-refractivity contribution in [3.8, 4) is 0 Å². The Morgan fingerprint density at radius 3 is 1.67 bits per heavy atom. The summed E-state index contributed by atoms with van der Waals surface area (Å²) in [6.07, 6.45) is 21.0. The maximum atomic E-state index is 4.00. The van der Waals surface area contributed by atoms with Crippen molar-refractivity contribution in [1.82, 2.24) is 0 Å². The molecule has 0 fully saturated rings. The van der Waals surface area contributed by atoms with Gasteiger partial charge in [-0.2, -0.15) is 0 Å². The first-order valence-electron chi connectivity index (χ1n) is 3.85. The van der Waals surface area contributed by atoms with Crippen LogP contribution in [0.25, 0.3) is 0 Å². The van der Waals surface area contributed by atoms with E-state index in [9.17, 15) is 0 Å². The summed E-state index contributed by atoms with van der Waals surface area (Å²) in [7, 11) is 0. The number of allylic oxidation sites excluding steroid dienone is 9. The predicted molar refractivity (Wildman–Crippen MR) is 54.2 cm³/mol. The molecular weight excluding hydrogens is 146 g/mol. The van der Waals surface area contributed by atoms with Crippen molar-refractivity contribution in [1.29, 1.82) is 0 Å². The summed E-state index contributed by atoms with van der Waals surface area (Å²) >= 11 is 0. The van der Waals surface area contributed by atoms with Crippen molar-refractivity contribution >= 4 is 6.21 Å². The van der Waals surface area contributed by atoms with Crippen molar-refractivity contribution in [3.63, 3.8) is 0 Å². The van der Waals surface area contributed by atoms with E-state index in [1.54, 1.807) is 12.4 Å². The lowest BCUT2D eigenvalue weighted by Crippen LogP contribution is -1.61. The predicted octanol–water partition coefficient (Wildman–Crippen LogP) is 2.81. The summed E-state index contributed by atoms with van der Waals surface area (Å²) < 4.78 is 0. The molecule has 0 N–H and O–H groups in total. The molecule has 0 unspecified atom stereocenters. The summed E-state index contributed by atoms with van der Waals surface area (Å²) in [6, 6.07) is 0. The molecule has 0 saturated heterocycles. The molecule has 1 aliphatic heterocycles. The van der Waals surface area contributed by atoms with Gasteiger partial charge in [0.15, 0.2) is 0 Å². The molecule has 0 saturated carbocycles. The maximum absolute atomic E-state index is 4.00. The van der Waals surface area contributed by atoms with E-state index in [0.717, 1.165) is 0 Å². The largest absolute Gasteiger partial charge is 0.265 e. The second kappa shape index (κ2) is 6.10. The van der Waals surface area contributed by atoms with Crippen molar-refractivity contribution in [2.75, 3.05) is 0 Å². The van der Waals surface area contributed by atoms with Crippen LogP contribution in [0.5, 0.6) is 0 Å². The number of nitrogens with zero attached hydrogens (tertiary/aromatic N) is 1. The number of hydrogen-bond donors (Lipinski definition) is 0. The molecule has 0 aromatic rings. The molecule has 0 amide bonds. The van der Waals surface area contributed by atoms with E-state index in [0.29, 0.717) is 0 Å². The Bertz CT molecular complexity index is 174. The van der Waals surface area contributed by atoms with Crippen LogP contribution in [0.4, 0.5) is 0 Å². The highest BCUT2D eigenvalue weighted by Crippen LogP contribution is 1.85. The summed E-state index contributed by atoms with van der Waals surface area (Å²) in [4.78, 5) is 4.00. The van der Waals surface area contributed by atoms with E-state index < -0.39 is 0 Å². The van der Waals surface area contributed by atoms with Crippen LogP contribution in [-0.4, -0.2) is 6.21 Å². The van der Waals surface area contributed by atoms with Gasteiger partial charge in [-0.3, -0.25) is 4.99 Å². The van der Waals surface area contributed by atoms with E-state index in [1.165, 1.54) is 0 Å². The van der Waals surface area contributed by atoms with Crippen molar-refractivity contribution < 1.29 is 0 Å². The van der Waals surface area contributed by atoms with E-state index in [2.05, 4.69) is 4.99 Å². The van der Waals surface area contributed by atoms with Crippen LogP contribution in [0.15, 0.2) is 65.9 Å². The van der Waals surface area contributed by atoms with Crippen molar-refractivity contribution in [2.45, 2.75) is 0 Å². The Balaban J connectivity index is 2.67. The van der Waals surface area contributed by atoms with E-state index in [1.807, 2.05) is 54.7 Å². The highest BCUT2D eigenvalue weighted by Gasteiger charge is 1.66. The van der Waals surface area contributed by atoms with Gasteiger partial charge in [0.2, 0.25) is 0 Å². The van der Waals surface area contributed by atoms with E-state index in [-0.39, 0.29) is 0 Å². The van der Waals surface area contributed by atoms with Gasteiger partial charge < -0.3 is 0 Å². The van der Waals surface area contributed by atoms with Crippen molar-refractivity contribution in [2.24, 2.45) is 4.99 Å². The third-order valence-electron chi connectivity index (χ3n) is 1.23. The lowest BCUT2D eigenvalue weighted by atomic mass is 10.3. The molecule has 1 rings (SSSR count). The Labute approximate surface area is 72.8 Å². The van der Waals surface area contributed by atoms with Gasteiger partial charge in [0, 0.05) is 12.4 Å². The fraction of sp³-hybridized carbons (Fsp3) is 0. The minimum atomic E-state index is 1.75. The molecule has 0 atom stereocenters. The average molecular weight is 157 g/mol. The molecule has 1 nitrogen and oxygen atoms in total.